The third-order valence-electron chi connectivity index (χ3n) is 2.69. The Morgan fingerprint density at radius 2 is 2.25 bits per heavy atom. The number of likely N-dealkylation sites (N-methyl/N-ethyl adjacent to an activating group) is 1. The van der Waals surface area contributed by atoms with Gasteiger partial charge in [0.1, 0.15) is 6.10 Å². The molecule has 0 aromatic heterocycles. The lowest BCUT2D eigenvalue weighted by Crippen LogP contribution is -2.44. The molecule has 0 radical (unpaired) electrons. The molecule has 1 aliphatic heterocycles. The number of nitrogens with two attached hydrogens (primary N) is 1. The predicted octanol–water partition coefficient (Wildman–Crippen LogP) is -0.441. The molecule has 1 heterocycles. The Morgan fingerprint density at radius 1 is 1.56 bits per heavy atom. The lowest BCUT2D eigenvalue weighted by Gasteiger charge is -2.20. The predicted molar refractivity (Wildman–Crippen MR) is 63.1 cm³/mol. The SMILES string of the molecule is CC(CN(C)C)NC(=O)C1CCC(CN)O1. The van der Waals surface area contributed by atoms with Crippen LogP contribution < -0.4 is 11.1 Å². The molecule has 0 saturated carbocycles. The summed E-state index contributed by atoms with van der Waals surface area (Å²) in [5.74, 6) is -0.00898. The maximum Gasteiger partial charge on any atom is 0.249 e. The molecule has 1 rings (SSSR count). The standard InChI is InChI=1S/C11H23N3O2/c1-8(7-14(2)3)13-11(15)10-5-4-9(6-12)16-10/h8-10H,4-7,12H2,1-3H3,(H,13,15). The van der Waals surface area contributed by atoms with Crippen molar-refractivity contribution in [3.8, 4) is 0 Å². The molecule has 5 nitrogen and oxygen atoms in total. The molecule has 0 aliphatic carbocycles. The highest BCUT2D eigenvalue weighted by Gasteiger charge is 2.30. The fourth-order valence-corrected chi connectivity index (χ4v) is 2.00. The minimum absolute atomic E-state index is 0.00898. The monoisotopic (exact) mass is 229 g/mol. The summed E-state index contributed by atoms with van der Waals surface area (Å²) in [7, 11) is 3.97. The van der Waals surface area contributed by atoms with Gasteiger partial charge in [0.05, 0.1) is 6.10 Å². The highest BCUT2D eigenvalue weighted by Crippen LogP contribution is 2.18. The van der Waals surface area contributed by atoms with Crippen molar-refractivity contribution in [3.05, 3.63) is 0 Å². The van der Waals surface area contributed by atoms with Gasteiger partial charge in [-0.25, -0.2) is 0 Å². The van der Waals surface area contributed by atoms with Crippen molar-refractivity contribution in [1.82, 2.24) is 10.2 Å². The van der Waals surface area contributed by atoms with Crippen LogP contribution in [-0.4, -0.2) is 56.2 Å². The molecule has 3 N–H and O–H groups in total. The molecule has 1 saturated heterocycles. The van der Waals surface area contributed by atoms with E-state index < -0.39 is 0 Å². The lowest BCUT2D eigenvalue weighted by molar-refractivity contribution is -0.132. The Balaban J connectivity index is 2.30. The Hall–Kier alpha value is -0.650. The number of hydrogen-bond acceptors (Lipinski definition) is 4. The topological polar surface area (TPSA) is 67.6 Å². The maximum atomic E-state index is 11.8. The molecular weight excluding hydrogens is 206 g/mol. The number of nitrogens with zero attached hydrogens (tertiary/aromatic N) is 1. The van der Waals surface area contributed by atoms with Gasteiger partial charge in [0.25, 0.3) is 0 Å². The second kappa shape index (κ2) is 6.18. The molecule has 16 heavy (non-hydrogen) atoms. The van der Waals surface area contributed by atoms with Crippen molar-refractivity contribution in [2.75, 3.05) is 27.2 Å². The van der Waals surface area contributed by atoms with Crippen LogP contribution in [0.25, 0.3) is 0 Å². The van der Waals surface area contributed by atoms with E-state index in [0.29, 0.717) is 6.54 Å². The number of carbonyl (C=O) groups is 1. The molecule has 94 valence electrons. The minimum atomic E-state index is -0.307. The van der Waals surface area contributed by atoms with Gasteiger partial charge in [0.2, 0.25) is 5.91 Å². The molecular formula is C11H23N3O2. The molecule has 3 unspecified atom stereocenters. The van der Waals surface area contributed by atoms with Gasteiger partial charge in [-0.15, -0.1) is 0 Å². The largest absolute Gasteiger partial charge is 0.364 e. The third-order valence-corrected chi connectivity index (χ3v) is 2.69. The van der Waals surface area contributed by atoms with Gasteiger partial charge in [-0.3, -0.25) is 4.79 Å². The van der Waals surface area contributed by atoms with Gasteiger partial charge >= 0.3 is 0 Å². The summed E-state index contributed by atoms with van der Waals surface area (Å²) < 4.78 is 5.53. The zero-order valence-electron chi connectivity index (χ0n) is 10.4. The smallest absolute Gasteiger partial charge is 0.249 e. The van der Waals surface area contributed by atoms with Crippen LogP contribution in [0.1, 0.15) is 19.8 Å². The van der Waals surface area contributed by atoms with E-state index in [-0.39, 0.29) is 24.2 Å². The van der Waals surface area contributed by atoms with Crippen LogP contribution >= 0.6 is 0 Å². The van der Waals surface area contributed by atoms with Crippen molar-refractivity contribution in [2.24, 2.45) is 5.73 Å². The normalized spacial score (nSPS) is 27.1. The average molecular weight is 229 g/mol. The quantitative estimate of drug-likeness (QED) is 0.670. The summed E-state index contributed by atoms with van der Waals surface area (Å²) in [5, 5.41) is 2.95. The summed E-state index contributed by atoms with van der Waals surface area (Å²) in [5.41, 5.74) is 5.50. The molecule has 1 aliphatic rings. The second-order valence-corrected chi connectivity index (χ2v) is 4.73. The van der Waals surface area contributed by atoms with Gasteiger partial charge in [-0.2, -0.15) is 0 Å². The van der Waals surface area contributed by atoms with Crippen LogP contribution in [0.15, 0.2) is 0 Å². The molecule has 0 aromatic rings. The van der Waals surface area contributed by atoms with E-state index in [1.807, 2.05) is 25.9 Å². The van der Waals surface area contributed by atoms with Gasteiger partial charge in [-0.1, -0.05) is 0 Å². The first-order chi connectivity index (χ1) is 7.52. The number of hydrogen-bond donors (Lipinski definition) is 2. The summed E-state index contributed by atoms with van der Waals surface area (Å²) in [4.78, 5) is 13.8. The number of rotatable bonds is 5. The molecule has 1 amide bonds. The first-order valence-electron chi connectivity index (χ1n) is 5.83. The number of carbonyl (C=O) groups excluding carboxylic acids is 1. The van der Waals surface area contributed by atoms with Gasteiger partial charge in [0, 0.05) is 19.1 Å². The minimum Gasteiger partial charge on any atom is -0.364 e. The highest BCUT2D eigenvalue weighted by atomic mass is 16.5. The first-order valence-corrected chi connectivity index (χ1v) is 5.83. The summed E-state index contributed by atoms with van der Waals surface area (Å²) in [6, 6.07) is 0.142. The Labute approximate surface area is 97.3 Å². The zero-order valence-corrected chi connectivity index (χ0v) is 10.4. The third kappa shape index (κ3) is 4.08. The van der Waals surface area contributed by atoms with E-state index in [1.165, 1.54) is 0 Å². The fourth-order valence-electron chi connectivity index (χ4n) is 2.00. The van der Waals surface area contributed by atoms with Gasteiger partial charge < -0.3 is 20.7 Å². The molecule has 5 heteroatoms. The molecule has 0 aromatic carbocycles. The fraction of sp³-hybridized carbons (Fsp3) is 0.909. The van der Waals surface area contributed by atoms with Crippen LogP contribution in [0.4, 0.5) is 0 Å². The Morgan fingerprint density at radius 3 is 2.75 bits per heavy atom. The van der Waals surface area contributed by atoms with Crippen LogP contribution in [0.5, 0.6) is 0 Å². The van der Waals surface area contributed by atoms with E-state index in [2.05, 4.69) is 5.32 Å². The van der Waals surface area contributed by atoms with Crippen molar-refractivity contribution in [2.45, 2.75) is 38.0 Å². The summed E-state index contributed by atoms with van der Waals surface area (Å²) >= 11 is 0. The molecule has 1 fully saturated rings. The van der Waals surface area contributed by atoms with E-state index in [1.54, 1.807) is 0 Å². The number of nitrogens with one attached hydrogen (secondary N) is 1. The van der Waals surface area contributed by atoms with E-state index in [9.17, 15) is 4.79 Å². The van der Waals surface area contributed by atoms with Crippen molar-refractivity contribution >= 4 is 5.91 Å². The van der Waals surface area contributed by atoms with Crippen LogP contribution in [0, 0.1) is 0 Å². The van der Waals surface area contributed by atoms with Crippen LogP contribution in [0.3, 0.4) is 0 Å². The summed E-state index contributed by atoms with van der Waals surface area (Å²) in [6.45, 7) is 3.32. The van der Waals surface area contributed by atoms with E-state index in [4.69, 9.17) is 10.5 Å². The lowest BCUT2D eigenvalue weighted by atomic mass is 10.2. The number of ether oxygens (including phenoxy) is 1. The first kappa shape index (κ1) is 13.4. The maximum absolute atomic E-state index is 11.8. The van der Waals surface area contributed by atoms with Crippen molar-refractivity contribution < 1.29 is 9.53 Å². The van der Waals surface area contributed by atoms with E-state index >= 15 is 0 Å². The average Bonchev–Trinajstić information content (AvgIpc) is 2.64. The summed E-state index contributed by atoms with van der Waals surface area (Å²) in [6.07, 6.45) is 1.41. The Bertz CT molecular complexity index is 233. The van der Waals surface area contributed by atoms with Crippen LogP contribution in [-0.2, 0) is 9.53 Å². The number of amides is 1. The highest BCUT2D eigenvalue weighted by molar-refractivity contribution is 5.81. The molecule has 0 spiro atoms. The van der Waals surface area contributed by atoms with Gasteiger partial charge in [0.15, 0.2) is 0 Å². The zero-order chi connectivity index (χ0) is 12.1. The Kier molecular flexibility index (Phi) is 5.18. The van der Waals surface area contributed by atoms with Crippen LogP contribution in [0.2, 0.25) is 0 Å². The van der Waals surface area contributed by atoms with Crippen molar-refractivity contribution in [3.63, 3.8) is 0 Å². The second-order valence-electron chi connectivity index (χ2n) is 4.73. The van der Waals surface area contributed by atoms with Gasteiger partial charge in [-0.05, 0) is 33.9 Å². The molecule has 0 bridgehead atoms. The van der Waals surface area contributed by atoms with Crippen molar-refractivity contribution in [1.29, 1.82) is 0 Å². The van der Waals surface area contributed by atoms with E-state index in [0.717, 1.165) is 19.4 Å². The molecule has 3 atom stereocenters.